The fraction of sp³-hybridized carbons (Fsp3) is 0.188. The Bertz CT molecular complexity index is 585. The van der Waals surface area contributed by atoms with Crippen molar-refractivity contribution in [2.45, 2.75) is 13.8 Å². The van der Waals surface area contributed by atoms with E-state index < -0.39 is 0 Å². The van der Waals surface area contributed by atoms with Crippen molar-refractivity contribution in [2.75, 3.05) is 12.4 Å². The molecule has 2 aromatic carbocycles. The van der Waals surface area contributed by atoms with Crippen molar-refractivity contribution in [2.24, 2.45) is 0 Å². The molecular weight excluding hydrogens is 238 g/mol. The predicted octanol–water partition coefficient (Wildman–Crippen LogP) is 3.87. The van der Waals surface area contributed by atoms with Gasteiger partial charge in [0, 0.05) is 11.3 Å². The number of benzene rings is 2. The first-order valence-corrected chi connectivity index (χ1v) is 6.11. The third kappa shape index (κ3) is 2.94. The Balaban J connectivity index is 2.44. The Hall–Kier alpha value is -2.29. The van der Waals surface area contributed by atoms with Gasteiger partial charge in [0.1, 0.15) is 5.75 Å². The largest absolute Gasteiger partial charge is 0.495 e. The maximum absolute atomic E-state index is 11.1. The summed E-state index contributed by atoms with van der Waals surface area (Å²) >= 11 is 0. The standard InChI is InChI=1S/C16H17NO2/c1-11-7-12(2)9-14(8-11)17-16-13(10-18)5-4-6-15(16)19-3/h4-10,17H,1-3H3. The first-order valence-electron chi connectivity index (χ1n) is 6.11. The Morgan fingerprint density at radius 2 is 1.79 bits per heavy atom. The molecule has 1 N–H and O–H groups in total. The van der Waals surface area contributed by atoms with Gasteiger partial charge in [-0.05, 0) is 49.2 Å². The van der Waals surface area contributed by atoms with Gasteiger partial charge in [0.25, 0.3) is 0 Å². The lowest BCUT2D eigenvalue weighted by Crippen LogP contribution is -1.99. The average molecular weight is 255 g/mol. The minimum Gasteiger partial charge on any atom is -0.495 e. The number of hydrogen-bond donors (Lipinski definition) is 1. The molecule has 0 aliphatic rings. The molecule has 2 aromatic rings. The molecule has 2 rings (SSSR count). The molecule has 3 nitrogen and oxygen atoms in total. The van der Waals surface area contributed by atoms with Crippen LogP contribution in [0.3, 0.4) is 0 Å². The molecule has 0 atom stereocenters. The normalized spacial score (nSPS) is 10.1. The fourth-order valence-electron chi connectivity index (χ4n) is 2.14. The van der Waals surface area contributed by atoms with Crippen LogP contribution in [0.15, 0.2) is 36.4 Å². The molecule has 0 aliphatic heterocycles. The van der Waals surface area contributed by atoms with Crippen LogP contribution in [0, 0.1) is 13.8 Å². The number of carbonyl (C=O) groups is 1. The molecule has 98 valence electrons. The van der Waals surface area contributed by atoms with Gasteiger partial charge in [-0.15, -0.1) is 0 Å². The van der Waals surface area contributed by atoms with E-state index in [4.69, 9.17) is 4.74 Å². The number of para-hydroxylation sites is 1. The van der Waals surface area contributed by atoms with Crippen LogP contribution in [0.2, 0.25) is 0 Å². The van der Waals surface area contributed by atoms with E-state index in [1.54, 1.807) is 19.2 Å². The lowest BCUT2D eigenvalue weighted by atomic mass is 10.1. The Kier molecular flexibility index (Phi) is 3.85. The number of hydrogen-bond acceptors (Lipinski definition) is 3. The summed E-state index contributed by atoms with van der Waals surface area (Å²) in [6, 6.07) is 11.6. The van der Waals surface area contributed by atoms with Crippen LogP contribution in [0.1, 0.15) is 21.5 Å². The second-order valence-corrected chi connectivity index (χ2v) is 4.54. The summed E-state index contributed by atoms with van der Waals surface area (Å²) in [6.45, 7) is 4.09. The van der Waals surface area contributed by atoms with Crippen molar-refractivity contribution in [3.05, 3.63) is 53.1 Å². The first kappa shape index (κ1) is 13.1. The van der Waals surface area contributed by atoms with Crippen LogP contribution in [-0.2, 0) is 0 Å². The van der Waals surface area contributed by atoms with Gasteiger partial charge < -0.3 is 10.1 Å². The van der Waals surface area contributed by atoms with Crippen LogP contribution >= 0.6 is 0 Å². The highest BCUT2D eigenvalue weighted by atomic mass is 16.5. The van der Waals surface area contributed by atoms with E-state index in [2.05, 4.69) is 11.4 Å². The number of aryl methyl sites for hydroxylation is 2. The first-order chi connectivity index (χ1) is 9.13. The zero-order chi connectivity index (χ0) is 13.8. The molecule has 0 amide bonds. The Labute approximate surface area is 113 Å². The highest BCUT2D eigenvalue weighted by Gasteiger charge is 2.09. The molecule has 0 spiro atoms. The molecule has 0 saturated carbocycles. The molecule has 0 radical (unpaired) electrons. The highest BCUT2D eigenvalue weighted by Crippen LogP contribution is 2.31. The van der Waals surface area contributed by atoms with Gasteiger partial charge in [-0.25, -0.2) is 0 Å². The lowest BCUT2D eigenvalue weighted by Gasteiger charge is -2.14. The number of nitrogens with one attached hydrogen (secondary N) is 1. The van der Waals surface area contributed by atoms with Crippen molar-refractivity contribution in [3.63, 3.8) is 0 Å². The minimum atomic E-state index is 0.582. The number of rotatable bonds is 4. The molecule has 0 unspecified atom stereocenters. The van der Waals surface area contributed by atoms with Crippen molar-refractivity contribution in [3.8, 4) is 5.75 Å². The lowest BCUT2D eigenvalue weighted by molar-refractivity contribution is 0.112. The molecule has 0 heterocycles. The van der Waals surface area contributed by atoms with E-state index in [-0.39, 0.29) is 0 Å². The highest BCUT2D eigenvalue weighted by molar-refractivity contribution is 5.89. The molecule has 0 bridgehead atoms. The summed E-state index contributed by atoms with van der Waals surface area (Å²) in [4.78, 5) is 11.1. The molecular formula is C16H17NO2. The van der Waals surface area contributed by atoms with E-state index in [1.165, 1.54) is 11.1 Å². The predicted molar refractivity (Wildman–Crippen MR) is 77.6 cm³/mol. The fourth-order valence-corrected chi connectivity index (χ4v) is 2.14. The van der Waals surface area contributed by atoms with Gasteiger partial charge in [0.05, 0.1) is 12.8 Å². The molecule has 0 fully saturated rings. The molecule has 3 heteroatoms. The number of anilines is 2. The monoisotopic (exact) mass is 255 g/mol. The van der Waals surface area contributed by atoms with E-state index in [1.807, 2.05) is 32.0 Å². The average Bonchev–Trinajstić information content (AvgIpc) is 2.37. The summed E-state index contributed by atoms with van der Waals surface area (Å²) in [7, 11) is 1.59. The summed E-state index contributed by atoms with van der Waals surface area (Å²) in [5.74, 6) is 0.656. The quantitative estimate of drug-likeness (QED) is 0.843. The summed E-state index contributed by atoms with van der Waals surface area (Å²) in [6.07, 6.45) is 0.827. The zero-order valence-corrected chi connectivity index (χ0v) is 11.4. The molecule has 0 aliphatic carbocycles. The summed E-state index contributed by atoms with van der Waals surface area (Å²) in [5.41, 5.74) is 4.57. The van der Waals surface area contributed by atoms with Gasteiger partial charge >= 0.3 is 0 Å². The van der Waals surface area contributed by atoms with Crippen LogP contribution in [0.5, 0.6) is 5.75 Å². The van der Waals surface area contributed by atoms with Gasteiger partial charge in [-0.3, -0.25) is 4.79 Å². The number of methoxy groups -OCH3 is 1. The van der Waals surface area contributed by atoms with E-state index in [0.717, 1.165) is 12.0 Å². The summed E-state index contributed by atoms with van der Waals surface area (Å²) in [5, 5.41) is 3.27. The molecule has 0 saturated heterocycles. The molecule has 19 heavy (non-hydrogen) atoms. The third-order valence-corrected chi connectivity index (χ3v) is 2.90. The summed E-state index contributed by atoms with van der Waals surface area (Å²) < 4.78 is 5.30. The van der Waals surface area contributed by atoms with Gasteiger partial charge in [-0.2, -0.15) is 0 Å². The minimum absolute atomic E-state index is 0.582. The van der Waals surface area contributed by atoms with Crippen molar-refractivity contribution < 1.29 is 9.53 Å². The van der Waals surface area contributed by atoms with E-state index in [0.29, 0.717) is 17.0 Å². The van der Waals surface area contributed by atoms with Crippen LogP contribution < -0.4 is 10.1 Å². The van der Waals surface area contributed by atoms with Gasteiger partial charge in [0.2, 0.25) is 0 Å². The van der Waals surface area contributed by atoms with Gasteiger partial charge in [0.15, 0.2) is 6.29 Å². The smallest absolute Gasteiger partial charge is 0.152 e. The SMILES string of the molecule is COc1cccc(C=O)c1Nc1cc(C)cc(C)c1. The number of ether oxygens (including phenoxy) is 1. The number of carbonyl (C=O) groups excluding carboxylic acids is 1. The van der Waals surface area contributed by atoms with Crippen molar-refractivity contribution in [1.29, 1.82) is 0 Å². The van der Waals surface area contributed by atoms with Crippen LogP contribution in [0.25, 0.3) is 0 Å². The van der Waals surface area contributed by atoms with Crippen LogP contribution in [0.4, 0.5) is 11.4 Å². The zero-order valence-electron chi connectivity index (χ0n) is 11.4. The maximum Gasteiger partial charge on any atom is 0.152 e. The topological polar surface area (TPSA) is 38.3 Å². The second kappa shape index (κ2) is 5.57. The maximum atomic E-state index is 11.1. The van der Waals surface area contributed by atoms with Crippen LogP contribution in [-0.4, -0.2) is 13.4 Å². The third-order valence-electron chi connectivity index (χ3n) is 2.90. The van der Waals surface area contributed by atoms with Gasteiger partial charge in [-0.1, -0.05) is 12.1 Å². The number of aldehydes is 1. The second-order valence-electron chi connectivity index (χ2n) is 4.54. The Morgan fingerprint density at radius 3 is 2.37 bits per heavy atom. The molecule has 0 aromatic heterocycles. The van der Waals surface area contributed by atoms with Crippen molar-refractivity contribution in [1.82, 2.24) is 0 Å². The van der Waals surface area contributed by atoms with E-state index in [9.17, 15) is 4.79 Å². The Morgan fingerprint density at radius 1 is 1.11 bits per heavy atom. The van der Waals surface area contributed by atoms with Crippen molar-refractivity contribution >= 4 is 17.7 Å². The van der Waals surface area contributed by atoms with E-state index >= 15 is 0 Å².